The fraction of sp³-hybridized carbons (Fsp3) is 0.583. The normalized spacial score (nSPS) is 22.3. The van der Waals surface area contributed by atoms with Gasteiger partial charge in [-0.3, -0.25) is 4.90 Å². The number of alkyl halides is 2. The molecule has 1 aromatic heterocycles. The highest BCUT2D eigenvalue weighted by Crippen LogP contribution is 2.32. The summed E-state index contributed by atoms with van der Waals surface area (Å²) in [5.41, 5.74) is 0. The standard InChI is InChI=1S/C12H16F2N2O/c1-9-2-3-11(17-9)10(8-15)16-6-4-12(13,14)5-7-16/h2-3,8,10,15H,4-7H2,1H3. The van der Waals surface area contributed by atoms with Gasteiger partial charge in [-0.2, -0.15) is 0 Å². The number of piperidine rings is 1. The van der Waals surface area contributed by atoms with E-state index in [9.17, 15) is 8.78 Å². The summed E-state index contributed by atoms with van der Waals surface area (Å²) in [7, 11) is 0. The molecule has 1 aliphatic rings. The molecule has 5 heteroatoms. The first-order valence-corrected chi connectivity index (χ1v) is 5.71. The predicted octanol–water partition coefficient (Wildman–Crippen LogP) is 3.01. The van der Waals surface area contributed by atoms with E-state index in [1.165, 1.54) is 6.21 Å². The maximum Gasteiger partial charge on any atom is 0.250 e. The van der Waals surface area contributed by atoms with Crippen molar-refractivity contribution in [3.05, 3.63) is 23.7 Å². The second-order valence-corrected chi connectivity index (χ2v) is 4.45. The molecular weight excluding hydrogens is 226 g/mol. The number of aryl methyl sites for hydroxylation is 1. The summed E-state index contributed by atoms with van der Waals surface area (Å²) in [6.45, 7) is 2.43. The zero-order valence-electron chi connectivity index (χ0n) is 9.75. The molecule has 1 atom stereocenters. The zero-order valence-corrected chi connectivity index (χ0v) is 9.75. The van der Waals surface area contributed by atoms with Gasteiger partial charge in [0.2, 0.25) is 0 Å². The number of nitrogens with one attached hydrogen (secondary N) is 1. The predicted molar refractivity (Wildman–Crippen MR) is 60.7 cm³/mol. The van der Waals surface area contributed by atoms with Gasteiger partial charge in [-0.05, 0) is 19.1 Å². The molecule has 1 fully saturated rings. The van der Waals surface area contributed by atoms with Gasteiger partial charge in [-0.1, -0.05) is 0 Å². The summed E-state index contributed by atoms with van der Waals surface area (Å²) in [5.74, 6) is -1.13. The molecule has 0 aromatic carbocycles. The second kappa shape index (κ2) is 4.56. The van der Waals surface area contributed by atoms with Gasteiger partial charge < -0.3 is 9.83 Å². The molecule has 0 radical (unpaired) electrons. The average molecular weight is 242 g/mol. The number of hydrogen-bond donors (Lipinski definition) is 1. The van der Waals surface area contributed by atoms with Crippen LogP contribution in [-0.2, 0) is 0 Å². The van der Waals surface area contributed by atoms with Crippen molar-refractivity contribution in [1.82, 2.24) is 4.90 Å². The van der Waals surface area contributed by atoms with Gasteiger partial charge in [0.25, 0.3) is 5.92 Å². The quantitative estimate of drug-likeness (QED) is 0.828. The molecule has 1 N–H and O–H groups in total. The third kappa shape index (κ3) is 2.72. The summed E-state index contributed by atoms with van der Waals surface area (Å²) in [6.07, 6.45) is 0.968. The van der Waals surface area contributed by atoms with E-state index in [1.54, 1.807) is 6.07 Å². The Morgan fingerprint density at radius 1 is 1.41 bits per heavy atom. The van der Waals surface area contributed by atoms with Gasteiger partial charge in [0, 0.05) is 32.1 Å². The summed E-state index contributed by atoms with van der Waals surface area (Å²) in [5, 5.41) is 7.43. The van der Waals surface area contributed by atoms with E-state index >= 15 is 0 Å². The first-order valence-electron chi connectivity index (χ1n) is 5.71. The Hall–Kier alpha value is -1.23. The highest BCUT2D eigenvalue weighted by Gasteiger charge is 2.36. The Morgan fingerprint density at radius 2 is 2.06 bits per heavy atom. The zero-order chi connectivity index (χ0) is 12.5. The van der Waals surface area contributed by atoms with Crippen molar-refractivity contribution >= 4 is 6.21 Å². The van der Waals surface area contributed by atoms with E-state index < -0.39 is 5.92 Å². The van der Waals surface area contributed by atoms with Crippen LogP contribution < -0.4 is 0 Å². The van der Waals surface area contributed by atoms with Crippen LogP contribution in [0.15, 0.2) is 16.5 Å². The van der Waals surface area contributed by atoms with Crippen molar-refractivity contribution < 1.29 is 13.2 Å². The Kier molecular flexibility index (Phi) is 3.28. The number of rotatable bonds is 3. The molecule has 0 bridgehead atoms. The molecule has 0 aliphatic carbocycles. The summed E-state index contributed by atoms with van der Waals surface area (Å²) in [6, 6.07) is 3.31. The molecule has 1 unspecified atom stereocenters. The van der Waals surface area contributed by atoms with Crippen molar-refractivity contribution in [2.45, 2.75) is 31.7 Å². The van der Waals surface area contributed by atoms with Gasteiger partial charge in [0.05, 0.1) is 0 Å². The van der Waals surface area contributed by atoms with Crippen LogP contribution in [0.25, 0.3) is 0 Å². The van der Waals surface area contributed by atoms with Crippen molar-refractivity contribution in [2.24, 2.45) is 0 Å². The summed E-state index contributed by atoms with van der Waals surface area (Å²) < 4.78 is 31.6. The third-order valence-corrected chi connectivity index (χ3v) is 3.13. The van der Waals surface area contributed by atoms with Crippen LogP contribution in [0.2, 0.25) is 0 Å². The lowest BCUT2D eigenvalue weighted by atomic mass is 10.0. The van der Waals surface area contributed by atoms with E-state index in [-0.39, 0.29) is 18.9 Å². The van der Waals surface area contributed by atoms with Gasteiger partial charge in [-0.25, -0.2) is 8.78 Å². The minimum absolute atomic E-state index is 0.142. The molecule has 1 aromatic rings. The summed E-state index contributed by atoms with van der Waals surface area (Å²) >= 11 is 0. The molecule has 1 aliphatic heterocycles. The molecule has 2 heterocycles. The van der Waals surface area contributed by atoms with Crippen LogP contribution >= 0.6 is 0 Å². The lowest BCUT2D eigenvalue weighted by molar-refractivity contribution is -0.0595. The van der Waals surface area contributed by atoms with Gasteiger partial charge in [0.15, 0.2) is 0 Å². The third-order valence-electron chi connectivity index (χ3n) is 3.13. The number of nitrogens with zero attached hydrogens (tertiary/aromatic N) is 1. The van der Waals surface area contributed by atoms with Crippen LogP contribution in [0.3, 0.4) is 0 Å². The average Bonchev–Trinajstić information content (AvgIpc) is 2.68. The lowest BCUT2D eigenvalue weighted by Gasteiger charge is -2.34. The van der Waals surface area contributed by atoms with Crippen LogP contribution in [0.1, 0.15) is 30.4 Å². The number of halogens is 2. The molecule has 17 heavy (non-hydrogen) atoms. The van der Waals surface area contributed by atoms with Crippen molar-refractivity contribution in [2.75, 3.05) is 13.1 Å². The molecule has 1 saturated heterocycles. The Balaban J connectivity index is 2.08. The number of furan rings is 1. The maximum atomic E-state index is 13.0. The van der Waals surface area contributed by atoms with E-state index in [2.05, 4.69) is 0 Å². The molecule has 94 valence electrons. The minimum Gasteiger partial charge on any atom is -0.464 e. The molecular formula is C12H16F2N2O. The second-order valence-electron chi connectivity index (χ2n) is 4.45. The van der Waals surface area contributed by atoms with Crippen molar-refractivity contribution in [3.63, 3.8) is 0 Å². The number of likely N-dealkylation sites (tertiary alicyclic amines) is 1. The van der Waals surface area contributed by atoms with E-state index in [1.807, 2.05) is 17.9 Å². The van der Waals surface area contributed by atoms with E-state index in [0.29, 0.717) is 18.8 Å². The first-order chi connectivity index (χ1) is 8.02. The van der Waals surface area contributed by atoms with Crippen LogP contribution in [-0.4, -0.2) is 30.1 Å². The molecule has 3 nitrogen and oxygen atoms in total. The maximum absolute atomic E-state index is 13.0. The highest BCUT2D eigenvalue weighted by molar-refractivity contribution is 5.62. The van der Waals surface area contributed by atoms with Gasteiger partial charge >= 0.3 is 0 Å². The van der Waals surface area contributed by atoms with Gasteiger partial charge in [-0.15, -0.1) is 0 Å². The van der Waals surface area contributed by atoms with Crippen LogP contribution in [0, 0.1) is 12.3 Å². The Labute approximate surface area is 98.9 Å². The topological polar surface area (TPSA) is 40.2 Å². The van der Waals surface area contributed by atoms with Crippen molar-refractivity contribution in [3.8, 4) is 0 Å². The van der Waals surface area contributed by atoms with E-state index in [4.69, 9.17) is 9.83 Å². The van der Waals surface area contributed by atoms with Crippen molar-refractivity contribution in [1.29, 1.82) is 5.41 Å². The molecule has 0 amide bonds. The SMILES string of the molecule is Cc1ccc(C(C=N)N2CCC(F)(F)CC2)o1. The smallest absolute Gasteiger partial charge is 0.250 e. The fourth-order valence-corrected chi connectivity index (χ4v) is 2.11. The van der Waals surface area contributed by atoms with Crippen LogP contribution in [0.4, 0.5) is 8.78 Å². The van der Waals surface area contributed by atoms with Crippen LogP contribution in [0.5, 0.6) is 0 Å². The largest absolute Gasteiger partial charge is 0.464 e. The molecule has 0 saturated carbocycles. The fourth-order valence-electron chi connectivity index (χ4n) is 2.11. The molecule has 0 spiro atoms. The first kappa shape index (κ1) is 12.2. The Bertz CT molecular complexity index is 393. The van der Waals surface area contributed by atoms with E-state index in [0.717, 1.165) is 5.76 Å². The lowest BCUT2D eigenvalue weighted by Crippen LogP contribution is -2.41. The monoisotopic (exact) mass is 242 g/mol. The minimum atomic E-state index is -2.55. The highest BCUT2D eigenvalue weighted by atomic mass is 19.3. The summed E-state index contributed by atoms with van der Waals surface area (Å²) in [4.78, 5) is 1.86. The van der Waals surface area contributed by atoms with Gasteiger partial charge in [0.1, 0.15) is 17.6 Å². The molecule has 2 rings (SSSR count). The Morgan fingerprint density at radius 3 is 2.53 bits per heavy atom. The number of hydrogen-bond acceptors (Lipinski definition) is 3.